The molecule has 1 aromatic rings. The second kappa shape index (κ2) is 6.46. The van der Waals surface area contributed by atoms with E-state index < -0.39 is 17.6 Å². The van der Waals surface area contributed by atoms with E-state index in [-0.39, 0.29) is 22.5 Å². The molecule has 1 rings (SSSR count). The third-order valence-corrected chi connectivity index (χ3v) is 3.43. The third kappa shape index (κ3) is 4.45. The van der Waals surface area contributed by atoms with E-state index in [0.29, 0.717) is 0 Å². The summed E-state index contributed by atoms with van der Waals surface area (Å²) in [5.41, 5.74) is -1.06. The van der Waals surface area contributed by atoms with Gasteiger partial charge in [-0.2, -0.15) is 13.2 Å². The standard InChI is InChI=1S/C13H14BrF3N2O2/c1-18(2)11(20)7-19(3)12(21)9-6-8(13(15,16)17)4-5-10(9)14/h4-6H,7H2,1-3H3. The Kier molecular flexibility index (Phi) is 5.38. The van der Waals surface area contributed by atoms with Gasteiger partial charge in [-0.05, 0) is 34.1 Å². The molecule has 21 heavy (non-hydrogen) atoms. The van der Waals surface area contributed by atoms with Crippen LogP contribution in [0.2, 0.25) is 0 Å². The molecule has 0 unspecified atom stereocenters. The molecule has 116 valence electrons. The highest BCUT2D eigenvalue weighted by Gasteiger charge is 2.32. The Hall–Kier alpha value is -1.57. The molecule has 0 N–H and O–H groups in total. The maximum atomic E-state index is 12.7. The minimum Gasteiger partial charge on any atom is -0.347 e. The average Bonchev–Trinajstić information content (AvgIpc) is 2.36. The SMILES string of the molecule is CN(C)C(=O)CN(C)C(=O)c1cc(C(F)(F)F)ccc1Br. The fourth-order valence-electron chi connectivity index (χ4n) is 1.49. The first-order valence-electron chi connectivity index (χ1n) is 5.86. The first-order valence-corrected chi connectivity index (χ1v) is 6.65. The van der Waals surface area contributed by atoms with E-state index in [1.54, 1.807) is 0 Å². The first kappa shape index (κ1) is 17.5. The summed E-state index contributed by atoms with van der Waals surface area (Å²) in [5.74, 6) is -0.989. The molecular formula is C13H14BrF3N2O2. The fourth-order valence-corrected chi connectivity index (χ4v) is 1.90. The second-order valence-electron chi connectivity index (χ2n) is 4.64. The number of hydrogen-bond acceptors (Lipinski definition) is 2. The Morgan fingerprint density at radius 1 is 1.19 bits per heavy atom. The van der Waals surface area contributed by atoms with Crippen molar-refractivity contribution in [1.29, 1.82) is 0 Å². The van der Waals surface area contributed by atoms with Gasteiger partial charge in [-0.15, -0.1) is 0 Å². The zero-order valence-electron chi connectivity index (χ0n) is 11.7. The lowest BCUT2D eigenvalue weighted by Gasteiger charge is -2.20. The molecule has 0 aliphatic carbocycles. The molecule has 0 saturated heterocycles. The van der Waals surface area contributed by atoms with Gasteiger partial charge in [0, 0.05) is 25.6 Å². The van der Waals surface area contributed by atoms with Crippen molar-refractivity contribution in [2.24, 2.45) is 0 Å². The molecular weight excluding hydrogens is 353 g/mol. The largest absolute Gasteiger partial charge is 0.416 e. The molecule has 0 aromatic heterocycles. The first-order chi connectivity index (χ1) is 9.54. The predicted octanol–water partition coefficient (Wildman–Crippen LogP) is 2.63. The van der Waals surface area contributed by atoms with Gasteiger partial charge in [-0.25, -0.2) is 0 Å². The van der Waals surface area contributed by atoms with E-state index in [0.717, 1.165) is 23.1 Å². The zero-order chi connectivity index (χ0) is 16.4. The van der Waals surface area contributed by atoms with Gasteiger partial charge < -0.3 is 9.80 Å². The lowest BCUT2D eigenvalue weighted by atomic mass is 10.1. The highest BCUT2D eigenvalue weighted by atomic mass is 79.9. The number of likely N-dealkylation sites (N-methyl/N-ethyl adjacent to an activating group) is 2. The Bertz CT molecular complexity index is 559. The number of halogens is 4. The van der Waals surface area contributed by atoms with Gasteiger partial charge in [0.15, 0.2) is 0 Å². The summed E-state index contributed by atoms with van der Waals surface area (Å²) in [6.07, 6.45) is -4.53. The molecule has 0 atom stereocenters. The van der Waals surface area contributed by atoms with Crippen molar-refractivity contribution in [2.75, 3.05) is 27.7 Å². The predicted molar refractivity (Wildman–Crippen MR) is 74.8 cm³/mol. The topological polar surface area (TPSA) is 40.6 Å². The quantitative estimate of drug-likeness (QED) is 0.824. The Labute approximate surface area is 128 Å². The maximum Gasteiger partial charge on any atom is 0.416 e. The summed E-state index contributed by atoms with van der Waals surface area (Å²) in [7, 11) is 4.41. The van der Waals surface area contributed by atoms with Gasteiger partial charge in [0.25, 0.3) is 5.91 Å². The maximum absolute atomic E-state index is 12.7. The molecule has 0 heterocycles. The van der Waals surface area contributed by atoms with Crippen LogP contribution in [-0.2, 0) is 11.0 Å². The van der Waals surface area contributed by atoms with Crippen molar-refractivity contribution in [3.8, 4) is 0 Å². The molecule has 0 fully saturated rings. The molecule has 4 nitrogen and oxygen atoms in total. The number of alkyl halides is 3. The van der Waals surface area contributed by atoms with Crippen molar-refractivity contribution in [3.05, 3.63) is 33.8 Å². The summed E-state index contributed by atoms with van der Waals surface area (Å²) in [6, 6.07) is 2.81. The van der Waals surface area contributed by atoms with E-state index in [1.807, 2.05) is 0 Å². The van der Waals surface area contributed by atoms with Gasteiger partial charge >= 0.3 is 6.18 Å². The van der Waals surface area contributed by atoms with E-state index in [1.165, 1.54) is 26.0 Å². The number of carbonyl (C=O) groups is 2. The van der Waals surface area contributed by atoms with Gasteiger partial charge in [-0.1, -0.05) is 0 Å². The number of nitrogens with zero attached hydrogens (tertiary/aromatic N) is 2. The molecule has 0 bridgehead atoms. The number of carbonyl (C=O) groups excluding carboxylic acids is 2. The average molecular weight is 367 g/mol. The summed E-state index contributed by atoms with van der Waals surface area (Å²) in [5, 5.41) is 0. The van der Waals surface area contributed by atoms with E-state index in [4.69, 9.17) is 0 Å². The molecule has 8 heteroatoms. The Morgan fingerprint density at radius 3 is 2.24 bits per heavy atom. The van der Waals surface area contributed by atoms with Gasteiger partial charge in [0.2, 0.25) is 5.91 Å². The van der Waals surface area contributed by atoms with Gasteiger partial charge in [-0.3, -0.25) is 9.59 Å². The van der Waals surface area contributed by atoms with Crippen LogP contribution < -0.4 is 0 Å². The minimum absolute atomic E-state index is 0.140. The van der Waals surface area contributed by atoms with Crippen molar-refractivity contribution in [3.63, 3.8) is 0 Å². The van der Waals surface area contributed by atoms with Crippen LogP contribution in [-0.4, -0.2) is 49.3 Å². The monoisotopic (exact) mass is 366 g/mol. The Morgan fingerprint density at radius 2 is 1.76 bits per heavy atom. The summed E-state index contributed by atoms with van der Waals surface area (Å²) < 4.78 is 38.3. The van der Waals surface area contributed by atoms with E-state index in [9.17, 15) is 22.8 Å². The molecule has 0 aliphatic rings. The van der Waals surface area contributed by atoms with Crippen LogP contribution in [0.15, 0.2) is 22.7 Å². The van der Waals surface area contributed by atoms with Crippen LogP contribution >= 0.6 is 15.9 Å². The normalized spacial score (nSPS) is 11.2. The van der Waals surface area contributed by atoms with Gasteiger partial charge in [0.05, 0.1) is 17.7 Å². The van der Waals surface area contributed by atoms with E-state index >= 15 is 0 Å². The highest BCUT2D eigenvalue weighted by molar-refractivity contribution is 9.10. The molecule has 1 aromatic carbocycles. The lowest BCUT2D eigenvalue weighted by Crippen LogP contribution is -2.38. The smallest absolute Gasteiger partial charge is 0.347 e. The van der Waals surface area contributed by atoms with Crippen molar-refractivity contribution < 1.29 is 22.8 Å². The number of rotatable bonds is 3. The van der Waals surface area contributed by atoms with E-state index in [2.05, 4.69) is 15.9 Å². The van der Waals surface area contributed by atoms with Crippen LogP contribution in [0, 0.1) is 0 Å². The number of hydrogen-bond donors (Lipinski definition) is 0. The van der Waals surface area contributed by atoms with Crippen LogP contribution in [0.3, 0.4) is 0 Å². The fraction of sp³-hybridized carbons (Fsp3) is 0.385. The number of benzene rings is 1. The van der Waals surface area contributed by atoms with Crippen molar-refractivity contribution in [2.45, 2.75) is 6.18 Å². The van der Waals surface area contributed by atoms with Crippen LogP contribution in [0.5, 0.6) is 0 Å². The minimum atomic E-state index is -4.53. The molecule has 0 aliphatic heterocycles. The molecule has 0 radical (unpaired) electrons. The second-order valence-corrected chi connectivity index (χ2v) is 5.50. The summed E-state index contributed by atoms with van der Waals surface area (Å²) in [6.45, 7) is -0.214. The molecule has 2 amide bonds. The summed E-state index contributed by atoms with van der Waals surface area (Å²) in [4.78, 5) is 26.1. The van der Waals surface area contributed by atoms with Crippen LogP contribution in [0.4, 0.5) is 13.2 Å². The van der Waals surface area contributed by atoms with Crippen LogP contribution in [0.1, 0.15) is 15.9 Å². The highest BCUT2D eigenvalue weighted by Crippen LogP contribution is 2.32. The zero-order valence-corrected chi connectivity index (χ0v) is 13.2. The van der Waals surface area contributed by atoms with Gasteiger partial charge in [0.1, 0.15) is 0 Å². The lowest BCUT2D eigenvalue weighted by molar-refractivity contribution is -0.137. The third-order valence-electron chi connectivity index (χ3n) is 2.74. The molecule has 0 saturated carbocycles. The summed E-state index contributed by atoms with van der Waals surface area (Å²) >= 11 is 3.05. The van der Waals surface area contributed by atoms with Crippen LogP contribution in [0.25, 0.3) is 0 Å². The Balaban J connectivity index is 3.04. The molecule has 0 spiro atoms. The van der Waals surface area contributed by atoms with Crippen molar-refractivity contribution >= 4 is 27.7 Å². The number of amides is 2. The van der Waals surface area contributed by atoms with Crippen molar-refractivity contribution in [1.82, 2.24) is 9.80 Å².